The van der Waals surface area contributed by atoms with Gasteiger partial charge in [0, 0.05) is 12.2 Å². The first-order valence-corrected chi connectivity index (χ1v) is 7.92. The molecule has 3 aromatic rings. The van der Waals surface area contributed by atoms with Crippen LogP contribution in [-0.4, -0.2) is 21.7 Å². The predicted molar refractivity (Wildman–Crippen MR) is 93.2 cm³/mol. The van der Waals surface area contributed by atoms with E-state index in [1.54, 1.807) is 0 Å². The van der Waals surface area contributed by atoms with Gasteiger partial charge in [0.25, 0.3) is 0 Å². The minimum Gasteiger partial charge on any atom is -0.353 e. The molecular weight excluding hydrogens is 343 g/mol. The highest BCUT2D eigenvalue weighted by molar-refractivity contribution is 5.56. The Morgan fingerprint density at radius 2 is 1.65 bits per heavy atom. The highest BCUT2D eigenvalue weighted by Crippen LogP contribution is 2.30. The number of benzene rings is 2. The number of anilines is 3. The summed E-state index contributed by atoms with van der Waals surface area (Å²) in [5.74, 6) is 0.736. The summed E-state index contributed by atoms with van der Waals surface area (Å²) in [5, 5.41) is 13.7. The van der Waals surface area contributed by atoms with Crippen molar-refractivity contribution in [3.63, 3.8) is 0 Å². The molecular formula is C18H16F3N5. The van der Waals surface area contributed by atoms with Crippen LogP contribution in [0.4, 0.5) is 30.6 Å². The molecule has 0 spiro atoms. The fourth-order valence-corrected chi connectivity index (χ4v) is 2.29. The van der Waals surface area contributed by atoms with Gasteiger partial charge in [0.05, 0.1) is 11.8 Å². The first-order valence-electron chi connectivity index (χ1n) is 7.92. The van der Waals surface area contributed by atoms with Crippen LogP contribution in [0.5, 0.6) is 0 Å². The number of alkyl halides is 3. The Hall–Kier alpha value is -3.16. The van der Waals surface area contributed by atoms with Crippen LogP contribution in [0.3, 0.4) is 0 Å². The van der Waals surface area contributed by atoms with Gasteiger partial charge in [-0.15, -0.1) is 5.10 Å². The number of halogens is 3. The van der Waals surface area contributed by atoms with E-state index in [1.807, 2.05) is 30.3 Å². The first-order chi connectivity index (χ1) is 12.5. The summed E-state index contributed by atoms with van der Waals surface area (Å²) in [4.78, 5) is 4.25. The summed E-state index contributed by atoms with van der Waals surface area (Å²) in [7, 11) is 0. The van der Waals surface area contributed by atoms with E-state index in [9.17, 15) is 13.2 Å². The third-order valence-corrected chi connectivity index (χ3v) is 3.58. The van der Waals surface area contributed by atoms with E-state index in [4.69, 9.17) is 0 Å². The van der Waals surface area contributed by atoms with Crippen molar-refractivity contribution in [2.24, 2.45) is 0 Å². The van der Waals surface area contributed by atoms with Gasteiger partial charge in [0.2, 0.25) is 5.95 Å². The summed E-state index contributed by atoms with van der Waals surface area (Å²) in [6.07, 6.45) is -2.15. The summed E-state index contributed by atoms with van der Waals surface area (Å²) in [6, 6.07) is 14.7. The highest BCUT2D eigenvalue weighted by atomic mass is 19.4. The van der Waals surface area contributed by atoms with Gasteiger partial charge < -0.3 is 10.6 Å². The standard InChI is InChI=1S/C18H16F3N5/c19-18(20,21)14-6-8-15(9-7-14)24-16-12-23-26-17(25-16)22-11-10-13-4-2-1-3-5-13/h1-9,12H,10-11H2,(H2,22,24,25,26). The van der Waals surface area contributed by atoms with Gasteiger partial charge in [-0.1, -0.05) is 30.3 Å². The molecule has 0 radical (unpaired) electrons. The lowest BCUT2D eigenvalue weighted by Gasteiger charge is -2.10. The van der Waals surface area contributed by atoms with E-state index < -0.39 is 11.7 Å². The zero-order chi connectivity index (χ0) is 18.4. The van der Waals surface area contributed by atoms with Crippen molar-refractivity contribution in [2.75, 3.05) is 17.2 Å². The molecule has 1 aromatic heterocycles. The van der Waals surface area contributed by atoms with Crippen LogP contribution < -0.4 is 10.6 Å². The van der Waals surface area contributed by atoms with Crippen molar-refractivity contribution >= 4 is 17.5 Å². The maximum absolute atomic E-state index is 12.6. The van der Waals surface area contributed by atoms with Crippen LogP contribution in [0.1, 0.15) is 11.1 Å². The van der Waals surface area contributed by atoms with Crippen LogP contribution in [0, 0.1) is 0 Å². The lowest BCUT2D eigenvalue weighted by molar-refractivity contribution is -0.137. The zero-order valence-electron chi connectivity index (χ0n) is 13.7. The van der Waals surface area contributed by atoms with E-state index in [0.29, 0.717) is 24.0 Å². The monoisotopic (exact) mass is 359 g/mol. The third-order valence-electron chi connectivity index (χ3n) is 3.58. The third kappa shape index (κ3) is 4.92. The maximum Gasteiger partial charge on any atom is 0.416 e. The highest BCUT2D eigenvalue weighted by Gasteiger charge is 2.29. The zero-order valence-corrected chi connectivity index (χ0v) is 13.7. The molecule has 5 nitrogen and oxygen atoms in total. The van der Waals surface area contributed by atoms with Gasteiger partial charge in [-0.05, 0) is 36.2 Å². The van der Waals surface area contributed by atoms with Gasteiger partial charge >= 0.3 is 6.18 Å². The Balaban J connectivity index is 1.58. The average Bonchev–Trinajstić information content (AvgIpc) is 2.63. The second-order valence-corrected chi connectivity index (χ2v) is 5.53. The van der Waals surface area contributed by atoms with Gasteiger partial charge in [0.15, 0.2) is 5.82 Å². The number of hydrogen-bond donors (Lipinski definition) is 2. The summed E-state index contributed by atoms with van der Waals surface area (Å²) >= 11 is 0. The van der Waals surface area contributed by atoms with E-state index in [2.05, 4.69) is 25.8 Å². The molecule has 0 amide bonds. The molecule has 2 aromatic carbocycles. The van der Waals surface area contributed by atoms with E-state index in [0.717, 1.165) is 18.6 Å². The number of nitrogens with one attached hydrogen (secondary N) is 2. The topological polar surface area (TPSA) is 62.7 Å². The fraction of sp³-hybridized carbons (Fsp3) is 0.167. The molecule has 0 aliphatic heterocycles. The van der Waals surface area contributed by atoms with Gasteiger partial charge in [-0.2, -0.15) is 23.3 Å². The largest absolute Gasteiger partial charge is 0.416 e. The molecule has 0 saturated heterocycles. The SMILES string of the molecule is FC(F)(F)c1ccc(Nc2cnnc(NCCc3ccccc3)n2)cc1. The summed E-state index contributed by atoms with van der Waals surface area (Å²) in [5.41, 5.74) is 0.966. The minimum absolute atomic E-state index is 0.345. The number of nitrogens with zero attached hydrogens (tertiary/aromatic N) is 3. The predicted octanol–water partition coefficient (Wildman–Crippen LogP) is 4.29. The molecule has 134 valence electrons. The van der Waals surface area contributed by atoms with Gasteiger partial charge in [-0.25, -0.2) is 0 Å². The quantitative estimate of drug-likeness (QED) is 0.687. The molecule has 3 rings (SSSR count). The fourth-order valence-electron chi connectivity index (χ4n) is 2.29. The van der Waals surface area contributed by atoms with E-state index in [1.165, 1.54) is 23.9 Å². The normalized spacial score (nSPS) is 11.2. The minimum atomic E-state index is -4.36. The molecule has 0 aliphatic carbocycles. The van der Waals surface area contributed by atoms with Gasteiger partial charge in [0.1, 0.15) is 0 Å². The van der Waals surface area contributed by atoms with Crippen molar-refractivity contribution in [1.29, 1.82) is 0 Å². The lowest BCUT2D eigenvalue weighted by Crippen LogP contribution is -2.09. The molecule has 0 atom stereocenters. The molecule has 0 fully saturated rings. The van der Waals surface area contributed by atoms with Crippen molar-refractivity contribution < 1.29 is 13.2 Å². The number of hydrogen-bond acceptors (Lipinski definition) is 5. The molecule has 8 heteroatoms. The van der Waals surface area contributed by atoms with Crippen molar-refractivity contribution in [3.8, 4) is 0 Å². The van der Waals surface area contributed by atoms with Crippen LogP contribution in [0.25, 0.3) is 0 Å². The second-order valence-electron chi connectivity index (χ2n) is 5.53. The number of aromatic nitrogens is 3. The number of rotatable bonds is 6. The summed E-state index contributed by atoms with van der Waals surface area (Å²) < 4.78 is 37.7. The molecule has 0 aliphatic rings. The molecule has 0 unspecified atom stereocenters. The first kappa shape index (κ1) is 17.7. The average molecular weight is 359 g/mol. The van der Waals surface area contributed by atoms with Crippen LogP contribution in [0.2, 0.25) is 0 Å². The van der Waals surface area contributed by atoms with Crippen LogP contribution in [0.15, 0.2) is 60.8 Å². The van der Waals surface area contributed by atoms with Gasteiger partial charge in [-0.3, -0.25) is 0 Å². The summed E-state index contributed by atoms with van der Waals surface area (Å²) in [6.45, 7) is 0.634. The Bertz CT molecular complexity index is 835. The van der Waals surface area contributed by atoms with Crippen molar-refractivity contribution in [1.82, 2.24) is 15.2 Å². The Kier molecular flexibility index (Phi) is 5.31. The molecule has 2 N–H and O–H groups in total. The Morgan fingerprint density at radius 1 is 0.923 bits per heavy atom. The van der Waals surface area contributed by atoms with Crippen molar-refractivity contribution in [2.45, 2.75) is 12.6 Å². The smallest absolute Gasteiger partial charge is 0.353 e. The second kappa shape index (κ2) is 7.81. The van der Waals surface area contributed by atoms with Crippen LogP contribution in [-0.2, 0) is 12.6 Å². The molecule has 0 bridgehead atoms. The molecule has 0 saturated carbocycles. The van der Waals surface area contributed by atoms with Crippen molar-refractivity contribution in [3.05, 3.63) is 71.9 Å². The molecule has 26 heavy (non-hydrogen) atoms. The van der Waals surface area contributed by atoms with E-state index >= 15 is 0 Å². The lowest BCUT2D eigenvalue weighted by atomic mass is 10.1. The van der Waals surface area contributed by atoms with E-state index in [-0.39, 0.29) is 0 Å². The Labute approximate surface area is 148 Å². The maximum atomic E-state index is 12.6. The van der Waals surface area contributed by atoms with Crippen LogP contribution >= 0.6 is 0 Å². The molecule has 1 heterocycles. The Morgan fingerprint density at radius 3 is 2.35 bits per heavy atom.